The molecule has 0 aliphatic heterocycles. The number of hydrogen-bond donors (Lipinski definition) is 0. The lowest BCUT2D eigenvalue weighted by molar-refractivity contribution is -0.384. The Labute approximate surface area is 152 Å². The number of rotatable bonds is 6. The van der Waals surface area contributed by atoms with E-state index in [4.69, 9.17) is 11.6 Å². The summed E-state index contributed by atoms with van der Waals surface area (Å²) in [5, 5.41) is 16.5. The van der Waals surface area contributed by atoms with Crippen LogP contribution in [0.15, 0.2) is 41.1 Å². The van der Waals surface area contributed by atoms with Crippen molar-refractivity contribution in [3.05, 3.63) is 67.5 Å². The summed E-state index contributed by atoms with van der Waals surface area (Å²) < 4.78 is 0. The summed E-state index contributed by atoms with van der Waals surface area (Å²) in [6.45, 7) is 1.17. The fraction of sp³-hybridized carbons (Fsp3) is 0.188. The summed E-state index contributed by atoms with van der Waals surface area (Å²) in [6.07, 6.45) is 0. The van der Waals surface area contributed by atoms with Crippen molar-refractivity contribution in [1.29, 1.82) is 0 Å². The molecule has 0 aliphatic carbocycles. The van der Waals surface area contributed by atoms with Gasteiger partial charge in [0.1, 0.15) is 5.01 Å². The zero-order chi connectivity index (χ0) is 17.1. The fourth-order valence-corrected chi connectivity index (χ4v) is 4.11. The van der Waals surface area contributed by atoms with Gasteiger partial charge >= 0.3 is 0 Å². The maximum atomic E-state index is 10.9. The van der Waals surface area contributed by atoms with Crippen LogP contribution in [0.5, 0.6) is 0 Å². The molecule has 5 nitrogen and oxygen atoms in total. The van der Waals surface area contributed by atoms with Gasteiger partial charge in [0.15, 0.2) is 0 Å². The Morgan fingerprint density at radius 3 is 2.83 bits per heavy atom. The van der Waals surface area contributed by atoms with E-state index in [1.807, 2.05) is 28.8 Å². The maximum absolute atomic E-state index is 10.9. The summed E-state index contributed by atoms with van der Waals surface area (Å²) in [5.41, 5.74) is 1.77. The number of aromatic nitrogens is 1. The monoisotopic (exact) mass is 379 g/mol. The van der Waals surface area contributed by atoms with Gasteiger partial charge in [0.25, 0.3) is 5.69 Å². The van der Waals surface area contributed by atoms with Gasteiger partial charge in [-0.25, -0.2) is 4.98 Å². The number of nitro groups is 1. The van der Waals surface area contributed by atoms with Crippen molar-refractivity contribution in [2.75, 3.05) is 7.05 Å². The molecule has 0 unspecified atom stereocenters. The van der Waals surface area contributed by atoms with Crippen LogP contribution < -0.4 is 0 Å². The summed E-state index contributed by atoms with van der Waals surface area (Å²) >= 11 is 9.45. The fourth-order valence-electron chi connectivity index (χ4n) is 2.31. The van der Waals surface area contributed by atoms with Crippen molar-refractivity contribution in [3.8, 4) is 9.88 Å². The maximum Gasteiger partial charge on any atom is 0.269 e. The van der Waals surface area contributed by atoms with E-state index >= 15 is 0 Å². The highest BCUT2D eigenvalue weighted by Gasteiger charge is 2.13. The molecule has 0 atom stereocenters. The molecular weight excluding hydrogens is 366 g/mol. The number of hydrogen-bond acceptors (Lipinski definition) is 6. The average Bonchev–Trinajstić information content (AvgIpc) is 3.20. The standard InChI is InChI=1S/C16H14ClN3O2S2/c1-19(8-11-7-13(20(21)22)4-5-14(11)17)9-12-10-24-16(18-12)15-3-2-6-23-15/h2-7,10H,8-9H2,1H3. The highest BCUT2D eigenvalue weighted by atomic mass is 35.5. The minimum absolute atomic E-state index is 0.0523. The van der Waals surface area contributed by atoms with Gasteiger partial charge in [0.2, 0.25) is 0 Å². The number of halogens is 1. The molecule has 0 bridgehead atoms. The summed E-state index contributed by atoms with van der Waals surface area (Å²) in [6, 6.07) is 8.58. The molecule has 8 heteroatoms. The normalized spacial score (nSPS) is 11.1. The molecule has 1 aromatic carbocycles. The van der Waals surface area contributed by atoms with Crippen LogP contribution in [-0.4, -0.2) is 21.9 Å². The number of thiophene rings is 1. The van der Waals surface area contributed by atoms with Crippen LogP contribution in [0, 0.1) is 10.1 Å². The molecule has 0 saturated heterocycles. The van der Waals surface area contributed by atoms with E-state index < -0.39 is 4.92 Å². The van der Waals surface area contributed by atoms with Gasteiger partial charge in [0, 0.05) is 35.6 Å². The highest BCUT2D eigenvalue weighted by molar-refractivity contribution is 7.20. The smallest absolute Gasteiger partial charge is 0.269 e. The van der Waals surface area contributed by atoms with Gasteiger partial charge in [-0.2, -0.15) is 0 Å². The van der Waals surface area contributed by atoms with E-state index in [1.165, 1.54) is 12.1 Å². The van der Waals surface area contributed by atoms with Gasteiger partial charge in [-0.1, -0.05) is 17.7 Å². The molecule has 124 valence electrons. The van der Waals surface area contributed by atoms with E-state index in [2.05, 4.69) is 11.1 Å². The molecule has 2 heterocycles. The van der Waals surface area contributed by atoms with Gasteiger partial charge in [-0.05, 0) is 30.1 Å². The van der Waals surface area contributed by atoms with Gasteiger partial charge < -0.3 is 0 Å². The van der Waals surface area contributed by atoms with Gasteiger partial charge in [0.05, 0.1) is 15.5 Å². The van der Waals surface area contributed by atoms with Crippen molar-refractivity contribution in [3.63, 3.8) is 0 Å². The third-order valence-corrected chi connectivity index (χ3v) is 5.69. The molecule has 0 amide bonds. The van der Waals surface area contributed by atoms with Crippen LogP contribution in [0.25, 0.3) is 9.88 Å². The molecule has 2 aromatic heterocycles. The van der Waals surface area contributed by atoms with Crippen molar-refractivity contribution >= 4 is 40.0 Å². The zero-order valence-electron chi connectivity index (χ0n) is 12.8. The first kappa shape index (κ1) is 17.0. The number of thiazole rings is 1. The van der Waals surface area contributed by atoms with Gasteiger partial charge in [-0.3, -0.25) is 15.0 Å². The second-order valence-corrected chi connectivity index (χ2v) is 7.54. The largest absolute Gasteiger partial charge is 0.296 e. The zero-order valence-corrected chi connectivity index (χ0v) is 15.2. The van der Waals surface area contributed by atoms with Crippen LogP contribution in [-0.2, 0) is 13.1 Å². The molecular formula is C16H14ClN3O2S2. The lowest BCUT2D eigenvalue weighted by Crippen LogP contribution is -2.17. The highest BCUT2D eigenvalue weighted by Crippen LogP contribution is 2.28. The van der Waals surface area contributed by atoms with Crippen LogP contribution in [0.4, 0.5) is 5.69 Å². The molecule has 3 aromatic rings. The van der Waals surface area contributed by atoms with Crippen molar-refractivity contribution in [1.82, 2.24) is 9.88 Å². The summed E-state index contributed by atoms with van der Waals surface area (Å²) in [5.74, 6) is 0. The minimum Gasteiger partial charge on any atom is -0.296 e. The number of nitro benzene ring substituents is 1. The molecule has 24 heavy (non-hydrogen) atoms. The Bertz CT molecular complexity index is 849. The Morgan fingerprint density at radius 2 is 2.12 bits per heavy atom. The van der Waals surface area contributed by atoms with Crippen molar-refractivity contribution in [2.24, 2.45) is 0 Å². The lowest BCUT2D eigenvalue weighted by atomic mass is 10.2. The van der Waals surface area contributed by atoms with Crippen LogP contribution in [0.2, 0.25) is 5.02 Å². The van der Waals surface area contributed by atoms with E-state index in [-0.39, 0.29) is 5.69 Å². The Hall–Kier alpha value is -1.80. The van der Waals surface area contributed by atoms with Crippen LogP contribution >= 0.6 is 34.3 Å². The van der Waals surface area contributed by atoms with Crippen molar-refractivity contribution in [2.45, 2.75) is 13.1 Å². The third kappa shape index (κ3) is 3.99. The Morgan fingerprint density at radius 1 is 1.29 bits per heavy atom. The van der Waals surface area contributed by atoms with Crippen LogP contribution in [0.3, 0.4) is 0 Å². The number of benzene rings is 1. The molecule has 0 N–H and O–H groups in total. The van der Waals surface area contributed by atoms with E-state index in [0.29, 0.717) is 18.1 Å². The Kier molecular flexibility index (Phi) is 5.25. The van der Waals surface area contributed by atoms with Crippen LogP contribution in [0.1, 0.15) is 11.3 Å². The third-order valence-electron chi connectivity index (χ3n) is 3.40. The van der Waals surface area contributed by atoms with E-state index in [1.54, 1.807) is 28.7 Å². The van der Waals surface area contributed by atoms with E-state index in [0.717, 1.165) is 21.1 Å². The average molecular weight is 380 g/mol. The number of non-ortho nitro benzene ring substituents is 1. The molecule has 0 radical (unpaired) electrons. The second-order valence-electron chi connectivity index (χ2n) is 5.33. The number of nitrogens with zero attached hydrogens (tertiary/aromatic N) is 3. The summed E-state index contributed by atoms with van der Waals surface area (Å²) in [7, 11) is 1.94. The Balaban J connectivity index is 1.69. The summed E-state index contributed by atoms with van der Waals surface area (Å²) in [4.78, 5) is 18.3. The first-order valence-corrected chi connectivity index (χ1v) is 9.26. The molecule has 0 aliphatic rings. The quantitative estimate of drug-likeness (QED) is 0.443. The topological polar surface area (TPSA) is 59.3 Å². The molecule has 0 saturated carbocycles. The molecule has 3 rings (SSSR count). The van der Waals surface area contributed by atoms with Gasteiger partial charge in [-0.15, -0.1) is 22.7 Å². The minimum atomic E-state index is -0.409. The van der Waals surface area contributed by atoms with Crippen molar-refractivity contribution < 1.29 is 4.92 Å². The first-order chi connectivity index (χ1) is 11.5. The lowest BCUT2D eigenvalue weighted by Gasteiger charge is -2.16. The van der Waals surface area contributed by atoms with E-state index in [9.17, 15) is 10.1 Å². The second kappa shape index (κ2) is 7.40. The SMILES string of the molecule is CN(Cc1csc(-c2cccs2)n1)Cc1cc([N+](=O)[O-])ccc1Cl. The predicted molar refractivity (Wildman–Crippen MR) is 98.7 cm³/mol. The predicted octanol–water partition coefficient (Wildman–Crippen LogP) is 5.07. The first-order valence-electron chi connectivity index (χ1n) is 7.12. The molecule has 0 fully saturated rings. The molecule has 0 spiro atoms.